The van der Waals surface area contributed by atoms with Gasteiger partial charge in [-0.3, -0.25) is 0 Å². The number of aromatic nitrogens is 1. The van der Waals surface area contributed by atoms with Crippen LogP contribution in [0.15, 0.2) is 46.5 Å². The lowest BCUT2D eigenvalue weighted by Crippen LogP contribution is -2.35. The maximum Gasteiger partial charge on any atom is 0.137 e. The van der Waals surface area contributed by atoms with E-state index < -0.39 is 0 Å². The summed E-state index contributed by atoms with van der Waals surface area (Å²) in [5.74, 6) is -0.206. The minimum atomic E-state index is -0.206. The lowest BCUT2D eigenvalue weighted by atomic mass is 10.1. The fourth-order valence-corrected chi connectivity index (χ4v) is 2.67. The molecule has 1 heterocycles. The van der Waals surface area contributed by atoms with Crippen LogP contribution in [0.3, 0.4) is 0 Å². The van der Waals surface area contributed by atoms with E-state index in [-0.39, 0.29) is 11.4 Å². The molecule has 1 N–H and O–H groups in total. The second-order valence-corrected chi connectivity index (χ2v) is 7.13. The van der Waals surface area contributed by atoms with E-state index in [1.165, 1.54) is 17.8 Å². The number of nitrogens with zero attached hydrogens (tertiary/aromatic N) is 1. The molecule has 4 heteroatoms. The molecule has 0 saturated carbocycles. The summed E-state index contributed by atoms with van der Waals surface area (Å²) in [5.41, 5.74) is 2.28. The van der Waals surface area contributed by atoms with Crippen LogP contribution in [-0.2, 0) is 6.54 Å². The Morgan fingerprint density at radius 1 is 1.24 bits per heavy atom. The van der Waals surface area contributed by atoms with Gasteiger partial charge < -0.3 is 5.32 Å². The fraction of sp³-hybridized carbons (Fsp3) is 0.353. The molecule has 112 valence electrons. The van der Waals surface area contributed by atoms with Crippen LogP contribution in [0.5, 0.6) is 0 Å². The molecule has 0 unspecified atom stereocenters. The van der Waals surface area contributed by atoms with Crippen LogP contribution < -0.4 is 5.32 Å². The van der Waals surface area contributed by atoms with Gasteiger partial charge in [-0.2, -0.15) is 0 Å². The summed E-state index contributed by atoms with van der Waals surface area (Å²) in [6.45, 7) is 9.19. The molecule has 0 amide bonds. The highest BCUT2D eigenvalue weighted by atomic mass is 32.2. The third-order valence-corrected chi connectivity index (χ3v) is 4.12. The van der Waals surface area contributed by atoms with Crippen molar-refractivity contribution in [1.82, 2.24) is 10.3 Å². The fourth-order valence-electron chi connectivity index (χ4n) is 1.82. The molecule has 21 heavy (non-hydrogen) atoms. The van der Waals surface area contributed by atoms with Crippen molar-refractivity contribution in [1.29, 1.82) is 0 Å². The number of hydrogen-bond acceptors (Lipinski definition) is 3. The Morgan fingerprint density at radius 3 is 2.57 bits per heavy atom. The lowest BCUT2D eigenvalue weighted by Gasteiger charge is -2.20. The van der Waals surface area contributed by atoms with E-state index in [0.717, 1.165) is 22.7 Å². The van der Waals surface area contributed by atoms with E-state index in [0.29, 0.717) is 4.90 Å². The summed E-state index contributed by atoms with van der Waals surface area (Å²) in [6, 6.07) is 8.88. The van der Waals surface area contributed by atoms with E-state index in [9.17, 15) is 4.39 Å². The molecule has 0 aliphatic carbocycles. The first-order valence-electron chi connectivity index (χ1n) is 6.98. The third-order valence-electron chi connectivity index (χ3n) is 2.95. The monoisotopic (exact) mass is 304 g/mol. The Bertz CT molecular complexity index is 620. The van der Waals surface area contributed by atoms with Gasteiger partial charge in [0.2, 0.25) is 0 Å². The van der Waals surface area contributed by atoms with Crippen molar-refractivity contribution >= 4 is 11.8 Å². The van der Waals surface area contributed by atoms with E-state index in [4.69, 9.17) is 0 Å². The van der Waals surface area contributed by atoms with Gasteiger partial charge in [0.05, 0.1) is 0 Å². The number of benzene rings is 1. The van der Waals surface area contributed by atoms with Crippen molar-refractivity contribution in [3.05, 3.63) is 53.5 Å². The van der Waals surface area contributed by atoms with Crippen molar-refractivity contribution in [3.63, 3.8) is 0 Å². The summed E-state index contributed by atoms with van der Waals surface area (Å²) in [6.07, 6.45) is 1.86. The van der Waals surface area contributed by atoms with E-state index >= 15 is 0 Å². The Balaban J connectivity index is 2.11. The molecule has 0 spiro atoms. The molecule has 2 aromatic rings. The maximum atomic E-state index is 13.7. The third kappa shape index (κ3) is 4.83. The zero-order valence-corrected chi connectivity index (χ0v) is 13.7. The molecule has 0 aliphatic heterocycles. The largest absolute Gasteiger partial charge is 0.308 e. The maximum absolute atomic E-state index is 13.7. The molecule has 1 aromatic heterocycles. The molecule has 0 radical (unpaired) electrons. The highest BCUT2D eigenvalue weighted by molar-refractivity contribution is 7.99. The average Bonchev–Trinajstić information content (AvgIpc) is 2.41. The summed E-state index contributed by atoms with van der Waals surface area (Å²) in [7, 11) is 0. The van der Waals surface area contributed by atoms with Gasteiger partial charge in [0.1, 0.15) is 10.8 Å². The molecule has 0 bridgehead atoms. The van der Waals surface area contributed by atoms with Crippen molar-refractivity contribution in [3.8, 4) is 0 Å². The quantitative estimate of drug-likeness (QED) is 0.895. The molecular formula is C17H21FN2S. The number of aryl methyl sites for hydroxylation is 1. The van der Waals surface area contributed by atoms with Gasteiger partial charge >= 0.3 is 0 Å². The van der Waals surface area contributed by atoms with Crippen molar-refractivity contribution in [2.24, 2.45) is 0 Å². The van der Waals surface area contributed by atoms with Crippen molar-refractivity contribution < 1.29 is 4.39 Å². The van der Waals surface area contributed by atoms with E-state index in [1.54, 1.807) is 12.1 Å². The van der Waals surface area contributed by atoms with Gasteiger partial charge in [-0.05, 0) is 51.0 Å². The molecule has 0 aliphatic rings. The van der Waals surface area contributed by atoms with E-state index in [2.05, 4.69) is 37.1 Å². The number of nitrogens with one attached hydrogen (secondary N) is 1. The molecule has 2 nitrogen and oxygen atoms in total. The van der Waals surface area contributed by atoms with Gasteiger partial charge in [-0.25, -0.2) is 9.37 Å². The predicted octanol–water partition coefficient (Wildman–Crippen LogP) is 4.57. The minimum absolute atomic E-state index is 0.0779. The number of halogens is 1. The number of rotatable bonds is 4. The van der Waals surface area contributed by atoms with E-state index in [1.807, 2.05) is 19.2 Å². The molecule has 1 aromatic carbocycles. The van der Waals surface area contributed by atoms with Gasteiger partial charge in [0.15, 0.2) is 0 Å². The normalized spacial score (nSPS) is 11.7. The number of hydrogen-bond donors (Lipinski definition) is 1. The molecule has 2 rings (SSSR count). The van der Waals surface area contributed by atoms with Gasteiger partial charge in [0.25, 0.3) is 0 Å². The van der Waals surface area contributed by atoms with Crippen molar-refractivity contribution in [2.45, 2.75) is 49.7 Å². The molecule has 0 atom stereocenters. The molecule has 0 fully saturated rings. The van der Waals surface area contributed by atoms with Crippen LogP contribution in [0.4, 0.5) is 4.39 Å². The average molecular weight is 304 g/mol. The SMILES string of the molecule is Cc1cc(CNC(C)(C)C)cnc1Sc1ccccc1F. The number of pyridine rings is 1. The van der Waals surface area contributed by atoms with Crippen LogP contribution in [-0.4, -0.2) is 10.5 Å². The first-order valence-corrected chi connectivity index (χ1v) is 7.80. The first kappa shape index (κ1) is 16.0. The topological polar surface area (TPSA) is 24.9 Å². The van der Waals surface area contributed by atoms with Gasteiger partial charge in [0, 0.05) is 23.2 Å². The summed E-state index contributed by atoms with van der Waals surface area (Å²) < 4.78 is 13.7. The summed E-state index contributed by atoms with van der Waals surface area (Å²) in [4.78, 5) is 5.08. The standard InChI is InChI=1S/C17H21FN2S/c1-12-9-13(11-20-17(2,3)4)10-19-16(12)21-15-8-6-5-7-14(15)18/h5-10,20H,11H2,1-4H3. The van der Waals surface area contributed by atoms with Crippen LogP contribution >= 0.6 is 11.8 Å². The van der Waals surface area contributed by atoms with Crippen LogP contribution in [0.2, 0.25) is 0 Å². The Kier molecular flexibility index (Phi) is 5.01. The zero-order valence-electron chi connectivity index (χ0n) is 12.9. The highest BCUT2D eigenvalue weighted by Crippen LogP contribution is 2.30. The molecular weight excluding hydrogens is 283 g/mol. The van der Waals surface area contributed by atoms with Crippen LogP contribution in [0, 0.1) is 12.7 Å². The predicted molar refractivity (Wildman–Crippen MR) is 86.1 cm³/mol. The first-order chi connectivity index (χ1) is 9.85. The van der Waals surface area contributed by atoms with Crippen molar-refractivity contribution in [2.75, 3.05) is 0 Å². The zero-order chi connectivity index (χ0) is 15.5. The summed E-state index contributed by atoms with van der Waals surface area (Å²) in [5, 5.41) is 4.28. The Labute approximate surface area is 130 Å². The smallest absolute Gasteiger partial charge is 0.137 e. The van der Waals surface area contributed by atoms with Gasteiger partial charge in [-0.1, -0.05) is 30.0 Å². The minimum Gasteiger partial charge on any atom is -0.308 e. The highest BCUT2D eigenvalue weighted by Gasteiger charge is 2.11. The lowest BCUT2D eigenvalue weighted by molar-refractivity contribution is 0.424. The Hall–Kier alpha value is -1.39. The molecule has 0 saturated heterocycles. The van der Waals surface area contributed by atoms with Gasteiger partial charge in [-0.15, -0.1) is 0 Å². The van der Waals surface area contributed by atoms with Crippen LogP contribution in [0.1, 0.15) is 31.9 Å². The summed E-state index contributed by atoms with van der Waals surface area (Å²) >= 11 is 1.37. The Morgan fingerprint density at radius 2 is 1.95 bits per heavy atom. The second kappa shape index (κ2) is 6.58. The van der Waals surface area contributed by atoms with Crippen LogP contribution in [0.25, 0.3) is 0 Å². The second-order valence-electron chi connectivity index (χ2n) is 6.10.